The molecule has 3 unspecified atom stereocenters. The number of aromatic nitrogens is 2. The summed E-state index contributed by atoms with van der Waals surface area (Å²) in [5, 5.41) is 3.16. The van der Waals surface area contributed by atoms with Crippen LogP contribution in [0.15, 0.2) is 12.4 Å². The number of fused-ring (bicyclic) bond motifs is 2. The van der Waals surface area contributed by atoms with Crippen LogP contribution < -0.4 is 5.32 Å². The number of hydrogen-bond acceptors (Lipinski definition) is 3. The second-order valence-corrected chi connectivity index (χ2v) is 5.22. The fraction of sp³-hybridized carbons (Fsp3) is 0.667. The van der Waals surface area contributed by atoms with Crippen molar-refractivity contribution in [2.75, 3.05) is 5.32 Å². The SMILES string of the molecule is FC(F)(F)c1cnc(NC2CC3CCC2C3)nc1. The van der Waals surface area contributed by atoms with Crippen LogP contribution in [0.1, 0.15) is 31.2 Å². The summed E-state index contributed by atoms with van der Waals surface area (Å²) in [6.45, 7) is 0. The maximum absolute atomic E-state index is 12.3. The first-order valence-corrected chi connectivity index (χ1v) is 6.18. The molecule has 2 aliphatic carbocycles. The van der Waals surface area contributed by atoms with E-state index >= 15 is 0 Å². The highest BCUT2D eigenvalue weighted by molar-refractivity contribution is 5.28. The monoisotopic (exact) mass is 257 g/mol. The molecule has 0 spiro atoms. The van der Waals surface area contributed by atoms with Crippen LogP contribution in [0, 0.1) is 11.8 Å². The number of rotatable bonds is 2. The molecule has 98 valence electrons. The summed E-state index contributed by atoms with van der Waals surface area (Å²) in [5.41, 5.74) is -0.805. The number of alkyl halides is 3. The first-order valence-electron chi connectivity index (χ1n) is 6.18. The van der Waals surface area contributed by atoms with Crippen molar-refractivity contribution in [3.8, 4) is 0 Å². The van der Waals surface area contributed by atoms with Crippen molar-refractivity contribution in [3.63, 3.8) is 0 Å². The van der Waals surface area contributed by atoms with E-state index in [0.717, 1.165) is 24.7 Å². The number of nitrogens with zero attached hydrogens (tertiary/aromatic N) is 2. The Morgan fingerprint density at radius 2 is 1.83 bits per heavy atom. The maximum Gasteiger partial charge on any atom is 0.419 e. The molecule has 0 aliphatic heterocycles. The largest absolute Gasteiger partial charge is 0.419 e. The molecule has 1 N–H and O–H groups in total. The molecular formula is C12H14F3N3. The van der Waals surface area contributed by atoms with Crippen molar-refractivity contribution in [2.45, 2.75) is 37.9 Å². The number of nitrogens with one attached hydrogen (secondary N) is 1. The van der Waals surface area contributed by atoms with Gasteiger partial charge >= 0.3 is 6.18 Å². The third-order valence-electron chi connectivity index (χ3n) is 4.03. The standard InChI is InChI=1S/C12H14F3N3/c13-12(14,15)9-5-16-11(17-6-9)18-10-4-7-1-2-8(10)3-7/h5-8,10H,1-4H2,(H,16,17,18). The molecular weight excluding hydrogens is 243 g/mol. The van der Waals surface area contributed by atoms with Crippen LogP contribution in [0.2, 0.25) is 0 Å². The second kappa shape index (κ2) is 4.10. The highest BCUT2D eigenvalue weighted by atomic mass is 19.4. The van der Waals surface area contributed by atoms with Crippen molar-refractivity contribution < 1.29 is 13.2 Å². The van der Waals surface area contributed by atoms with Crippen LogP contribution in [0.4, 0.5) is 19.1 Å². The van der Waals surface area contributed by atoms with E-state index in [4.69, 9.17) is 0 Å². The van der Waals surface area contributed by atoms with Gasteiger partial charge in [-0.1, -0.05) is 6.42 Å². The molecule has 1 heterocycles. The predicted molar refractivity (Wildman–Crippen MR) is 59.9 cm³/mol. The van der Waals surface area contributed by atoms with Gasteiger partial charge in [-0.15, -0.1) is 0 Å². The summed E-state index contributed by atoms with van der Waals surface area (Å²) < 4.78 is 37.0. The van der Waals surface area contributed by atoms with Gasteiger partial charge < -0.3 is 5.32 Å². The fourth-order valence-corrected chi connectivity index (χ4v) is 3.14. The summed E-state index contributed by atoms with van der Waals surface area (Å²) in [4.78, 5) is 7.50. The van der Waals surface area contributed by atoms with Crippen molar-refractivity contribution in [2.24, 2.45) is 11.8 Å². The molecule has 18 heavy (non-hydrogen) atoms. The van der Waals surface area contributed by atoms with Crippen LogP contribution in [0.3, 0.4) is 0 Å². The van der Waals surface area contributed by atoms with Crippen LogP contribution in [0.5, 0.6) is 0 Å². The first kappa shape index (κ1) is 11.7. The fourth-order valence-electron chi connectivity index (χ4n) is 3.14. The molecule has 2 fully saturated rings. The summed E-state index contributed by atoms with van der Waals surface area (Å²) in [7, 11) is 0. The minimum atomic E-state index is -4.37. The van der Waals surface area contributed by atoms with Gasteiger partial charge in [0.25, 0.3) is 0 Å². The van der Waals surface area contributed by atoms with Crippen LogP contribution in [-0.2, 0) is 6.18 Å². The second-order valence-electron chi connectivity index (χ2n) is 5.22. The van der Waals surface area contributed by atoms with Gasteiger partial charge in [-0.25, -0.2) is 9.97 Å². The van der Waals surface area contributed by atoms with E-state index in [0.29, 0.717) is 17.9 Å². The summed E-state index contributed by atoms with van der Waals surface area (Å²) in [6.07, 6.45) is 2.13. The summed E-state index contributed by atoms with van der Waals surface area (Å²) >= 11 is 0. The lowest BCUT2D eigenvalue weighted by Crippen LogP contribution is -2.27. The third kappa shape index (κ3) is 2.15. The Labute approximate surface area is 103 Å². The molecule has 2 saturated carbocycles. The minimum absolute atomic E-state index is 0.306. The lowest BCUT2D eigenvalue weighted by atomic mass is 9.95. The van der Waals surface area contributed by atoms with E-state index in [1.54, 1.807) is 0 Å². The highest BCUT2D eigenvalue weighted by Crippen LogP contribution is 2.45. The molecule has 0 radical (unpaired) electrons. The van der Waals surface area contributed by atoms with Crippen LogP contribution in [0.25, 0.3) is 0 Å². The molecule has 3 nitrogen and oxygen atoms in total. The van der Waals surface area contributed by atoms with Crippen molar-refractivity contribution in [1.29, 1.82) is 0 Å². The normalized spacial score (nSPS) is 30.7. The Kier molecular flexibility index (Phi) is 2.68. The average molecular weight is 257 g/mol. The quantitative estimate of drug-likeness (QED) is 0.884. The number of halogens is 3. The lowest BCUT2D eigenvalue weighted by molar-refractivity contribution is -0.138. The van der Waals surface area contributed by atoms with Gasteiger partial charge in [0.1, 0.15) is 0 Å². The van der Waals surface area contributed by atoms with Gasteiger partial charge in [0.05, 0.1) is 5.56 Å². The molecule has 2 bridgehead atoms. The molecule has 1 aromatic heterocycles. The predicted octanol–water partition coefficient (Wildman–Crippen LogP) is 3.10. The summed E-state index contributed by atoms with van der Waals surface area (Å²) in [6, 6.07) is 0.334. The molecule has 2 aliphatic rings. The number of anilines is 1. The minimum Gasteiger partial charge on any atom is -0.351 e. The molecule has 0 amide bonds. The van der Waals surface area contributed by atoms with Gasteiger partial charge in [0, 0.05) is 18.4 Å². The van der Waals surface area contributed by atoms with Crippen LogP contribution in [-0.4, -0.2) is 16.0 Å². The van der Waals surface area contributed by atoms with Crippen molar-refractivity contribution >= 4 is 5.95 Å². The zero-order valence-corrected chi connectivity index (χ0v) is 9.74. The van der Waals surface area contributed by atoms with Crippen molar-refractivity contribution in [3.05, 3.63) is 18.0 Å². The van der Waals surface area contributed by atoms with Gasteiger partial charge in [-0.05, 0) is 31.1 Å². The molecule has 0 saturated heterocycles. The van der Waals surface area contributed by atoms with E-state index in [-0.39, 0.29) is 0 Å². The van der Waals surface area contributed by atoms with Gasteiger partial charge in [-0.3, -0.25) is 0 Å². The Balaban J connectivity index is 1.67. The topological polar surface area (TPSA) is 37.8 Å². The Bertz CT molecular complexity index is 429. The molecule has 3 atom stereocenters. The molecule has 3 rings (SSSR count). The zero-order valence-electron chi connectivity index (χ0n) is 9.74. The van der Waals surface area contributed by atoms with Gasteiger partial charge in [0.15, 0.2) is 0 Å². The third-order valence-corrected chi connectivity index (χ3v) is 4.03. The van der Waals surface area contributed by atoms with Crippen molar-refractivity contribution in [1.82, 2.24) is 9.97 Å². The molecule has 6 heteroatoms. The number of hydrogen-bond donors (Lipinski definition) is 1. The van der Waals surface area contributed by atoms with E-state index < -0.39 is 11.7 Å². The Morgan fingerprint density at radius 1 is 1.11 bits per heavy atom. The zero-order chi connectivity index (χ0) is 12.8. The first-order chi connectivity index (χ1) is 8.52. The van der Waals surface area contributed by atoms with Crippen LogP contribution >= 0.6 is 0 Å². The Hall–Kier alpha value is -1.33. The average Bonchev–Trinajstić information content (AvgIpc) is 2.90. The molecule has 0 aromatic carbocycles. The van der Waals surface area contributed by atoms with E-state index in [9.17, 15) is 13.2 Å². The highest BCUT2D eigenvalue weighted by Gasteiger charge is 2.39. The van der Waals surface area contributed by atoms with E-state index in [2.05, 4.69) is 15.3 Å². The smallest absolute Gasteiger partial charge is 0.351 e. The van der Waals surface area contributed by atoms with Gasteiger partial charge in [0.2, 0.25) is 5.95 Å². The lowest BCUT2D eigenvalue weighted by Gasteiger charge is -2.22. The Morgan fingerprint density at radius 3 is 2.33 bits per heavy atom. The maximum atomic E-state index is 12.3. The van der Waals surface area contributed by atoms with Gasteiger partial charge in [-0.2, -0.15) is 13.2 Å². The van der Waals surface area contributed by atoms with E-state index in [1.807, 2.05) is 0 Å². The van der Waals surface area contributed by atoms with E-state index in [1.165, 1.54) is 19.3 Å². The molecule has 1 aromatic rings. The summed E-state index contributed by atoms with van der Waals surface area (Å²) in [5.74, 6) is 1.73.